The molecule has 1 N–H and O–H groups in total. The Morgan fingerprint density at radius 3 is 2.58 bits per heavy atom. The van der Waals surface area contributed by atoms with Gasteiger partial charge in [0.15, 0.2) is 0 Å². The molecule has 0 fully saturated rings. The van der Waals surface area contributed by atoms with Crippen LogP contribution >= 0.6 is 0 Å². The molecule has 0 radical (unpaired) electrons. The van der Waals surface area contributed by atoms with E-state index in [1.807, 2.05) is 6.92 Å². The van der Waals surface area contributed by atoms with Crippen LogP contribution in [0.4, 0.5) is 5.69 Å². The van der Waals surface area contributed by atoms with Crippen molar-refractivity contribution in [1.29, 1.82) is 0 Å². The number of nitro benzene ring substituents is 1. The summed E-state index contributed by atoms with van der Waals surface area (Å²) in [6, 6.07) is 3.78. The monoisotopic (exact) mass is 266 g/mol. The van der Waals surface area contributed by atoms with Crippen LogP contribution in [0.2, 0.25) is 0 Å². The highest BCUT2D eigenvalue weighted by Crippen LogP contribution is 2.27. The van der Waals surface area contributed by atoms with Crippen molar-refractivity contribution in [3.8, 4) is 5.75 Å². The zero-order valence-corrected chi connectivity index (χ0v) is 12.0. The Bertz CT molecular complexity index is 445. The predicted octanol–water partition coefficient (Wildman–Crippen LogP) is 2.98. The van der Waals surface area contributed by atoms with Crippen molar-refractivity contribution in [2.45, 2.75) is 40.2 Å². The standard InChI is InChI=1S/C14H22N2O3/c1-10(2)15-6-5-7-19-14-9-11(3)13(16(17)18)8-12(14)4/h8-10,15H,5-7H2,1-4H3. The van der Waals surface area contributed by atoms with Gasteiger partial charge >= 0.3 is 0 Å². The van der Waals surface area contributed by atoms with E-state index in [1.165, 1.54) is 0 Å². The predicted molar refractivity (Wildman–Crippen MR) is 75.8 cm³/mol. The van der Waals surface area contributed by atoms with Gasteiger partial charge in [-0.3, -0.25) is 10.1 Å². The molecule has 0 aliphatic carbocycles. The lowest BCUT2D eigenvalue weighted by atomic mass is 10.1. The third kappa shape index (κ3) is 4.87. The van der Waals surface area contributed by atoms with Gasteiger partial charge in [0.2, 0.25) is 0 Å². The van der Waals surface area contributed by atoms with E-state index in [0.717, 1.165) is 24.3 Å². The quantitative estimate of drug-likeness (QED) is 0.468. The molecular weight excluding hydrogens is 244 g/mol. The van der Waals surface area contributed by atoms with E-state index in [-0.39, 0.29) is 10.6 Å². The molecule has 0 amide bonds. The van der Waals surface area contributed by atoms with Crippen molar-refractivity contribution in [3.63, 3.8) is 0 Å². The van der Waals surface area contributed by atoms with E-state index in [4.69, 9.17) is 4.74 Å². The van der Waals surface area contributed by atoms with Crippen molar-refractivity contribution in [2.75, 3.05) is 13.2 Å². The number of rotatable bonds is 7. The number of nitro groups is 1. The Labute approximate surface area is 114 Å². The van der Waals surface area contributed by atoms with Gasteiger partial charge in [0, 0.05) is 17.7 Å². The first-order chi connectivity index (χ1) is 8.91. The Morgan fingerprint density at radius 2 is 2.00 bits per heavy atom. The van der Waals surface area contributed by atoms with Crippen molar-refractivity contribution in [3.05, 3.63) is 33.4 Å². The fourth-order valence-corrected chi connectivity index (χ4v) is 1.77. The van der Waals surface area contributed by atoms with Crippen LogP contribution in [-0.4, -0.2) is 24.1 Å². The van der Waals surface area contributed by atoms with Crippen molar-refractivity contribution >= 4 is 5.69 Å². The summed E-state index contributed by atoms with van der Waals surface area (Å²) >= 11 is 0. The van der Waals surface area contributed by atoms with Gasteiger partial charge in [-0.15, -0.1) is 0 Å². The molecule has 5 heteroatoms. The molecule has 1 rings (SSSR count). The number of hydrogen-bond donors (Lipinski definition) is 1. The van der Waals surface area contributed by atoms with Crippen LogP contribution in [-0.2, 0) is 0 Å². The summed E-state index contributed by atoms with van der Waals surface area (Å²) in [4.78, 5) is 10.4. The topological polar surface area (TPSA) is 64.4 Å². The molecular formula is C14H22N2O3. The van der Waals surface area contributed by atoms with Gasteiger partial charge in [0.25, 0.3) is 5.69 Å². The minimum Gasteiger partial charge on any atom is -0.493 e. The first-order valence-electron chi connectivity index (χ1n) is 6.53. The average molecular weight is 266 g/mol. The number of aryl methyl sites for hydroxylation is 2. The molecule has 0 spiro atoms. The summed E-state index contributed by atoms with van der Waals surface area (Å²) in [6.45, 7) is 9.27. The largest absolute Gasteiger partial charge is 0.493 e. The Hall–Kier alpha value is -1.62. The van der Waals surface area contributed by atoms with Crippen molar-refractivity contribution in [2.24, 2.45) is 0 Å². The molecule has 19 heavy (non-hydrogen) atoms. The van der Waals surface area contributed by atoms with Crippen molar-refractivity contribution in [1.82, 2.24) is 5.32 Å². The van der Waals surface area contributed by atoms with Crippen LogP contribution in [0, 0.1) is 24.0 Å². The third-order valence-corrected chi connectivity index (χ3v) is 2.82. The van der Waals surface area contributed by atoms with Gasteiger partial charge in [-0.05, 0) is 38.4 Å². The lowest BCUT2D eigenvalue weighted by Gasteiger charge is -2.11. The van der Waals surface area contributed by atoms with E-state index < -0.39 is 0 Å². The van der Waals surface area contributed by atoms with E-state index >= 15 is 0 Å². The third-order valence-electron chi connectivity index (χ3n) is 2.82. The van der Waals surface area contributed by atoms with Gasteiger partial charge in [-0.25, -0.2) is 0 Å². The van der Waals surface area contributed by atoms with Crippen LogP contribution in [0.5, 0.6) is 5.75 Å². The molecule has 5 nitrogen and oxygen atoms in total. The molecule has 0 heterocycles. The number of nitrogens with zero attached hydrogens (tertiary/aromatic N) is 1. The lowest BCUT2D eigenvalue weighted by Crippen LogP contribution is -2.24. The van der Waals surface area contributed by atoms with E-state index in [9.17, 15) is 10.1 Å². The number of benzene rings is 1. The zero-order chi connectivity index (χ0) is 14.4. The second-order valence-corrected chi connectivity index (χ2v) is 4.97. The molecule has 1 aromatic carbocycles. The molecule has 0 aliphatic heterocycles. The summed E-state index contributed by atoms with van der Waals surface area (Å²) < 4.78 is 5.67. The molecule has 0 aromatic heterocycles. The first-order valence-corrected chi connectivity index (χ1v) is 6.53. The maximum Gasteiger partial charge on any atom is 0.272 e. The summed E-state index contributed by atoms with van der Waals surface area (Å²) in [5, 5.41) is 14.1. The number of ether oxygens (including phenoxy) is 1. The first kappa shape index (κ1) is 15.4. The Kier molecular flexibility index (Phi) is 5.76. The molecule has 0 bridgehead atoms. The molecule has 0 unspecified atom stereocenters. The SMILES string of the molecule is Cc1cc([N+](=O)[O-])c(C)cc1OCCCNC(C)C. The summed E-state index contributed by atoms with van der Waals surface area (Å²) in [7, 11) is 0. The average Bonchev–Trinajstić information content (AvgIpc) is 2.31. The second kappa shape index (κ2) is 7.09. The van der Waals surface area contributed by atoms with E-state index in [0.29, 0.717) is 18.2 Å². The molecule has 0 atom stereocenters. The van der Waals surface area contributed by atoms with Gasteiger partial charge in [-0.2, -0.15) is 0 Å². The van der Waals surface area contributed by atoms with E-state index in [2.05, 4.69) is 19.2 Å². The van der Waals surface area contributed by atoms with Crippen LogP contribution in [0.1, 0.15) is 31.4 Å². The van der Waals surface area contributed by atoms with Gasteiger partial charge in [0.1, 0.15) is 5.75 Å². The molecule has 0 aliphatic rings. The number of hydrogen-bond acceptors (Lipinski definition) is 4. The maximum atomic E-state index is 10.8. The minimum atomic E-state index is -0.362. The molecule has 0 saturated heterocycles. The fraction of sp³-hybridized carbons (Fsp3) is 0.571. The van der Waals surface area contributed by atoms with Gasteiger partial charge in [0.05, 0.1) is 11.5 Å². The zero-order valence-electron chi connectivity index (χ0n) is 12.0. The van der Waals surface area contributed by atoms with Crippen LogP contribution in [0.15, 0.2) is 12.1 Å². The van der Waals surface area contributed by atoms with E-state index in [1.54, 1.807) is 19.1 Å². The lowest BCUT2D eigenvalue weighted by molar-refractivity contribution is -0.385. The van der Waals surface area contributed by atoms with Crippen LogP contribution in [0.3, 0.4) is 0 Å². The molecule has 1 aromatic rings. The smallest absolute Gasteiger partial charge is 0.272 e. The van der Waals surface area contributed by atoms with Crippen LogP contribution in [0.25, 0.3) is 0 Å². The highest BCUT2D eigenvalue weighted by atomic mass is 16.6. The normalized spacial score (nSPS) is 10.8. The summed E-state index contributed by atoms with van der Waals surface area (Å²) in [5.41, 5.74) is 1.58. The highest BCUT2D eigenvalue weighted by Gasteiger charge is 2.13. The second-order valence-electron chi connectivity index (χ2n) is 4.97. The van der Waals surface area contributed by atoms with Gasteiger partial charge < -0.3 is 10.1 Å². The minimum absolute atomic E-state index is 0.145. The molecule has 106 valence electrons. The summed E-state index contributed by atoms with van der Waals surface area (Å²) in [5.74, 6) is 0.729. The summed E-state index contributed by atoms with van der Waals surface area (Å²) in [6.07, 6.45) is 0.910. The Morgan fingerprint density at radius 1 is 1.32 bits per heavy atom. The Balaban J connectivity index is 2.55. The number of nitrogens with one attached hydrogen (secondary N) is 1. The molecule has 0 saturated carbocycles. The fourth-order valence-electron chi connectivity index (χ4n) is 1.77. The maximum absolute atomic E-state index is 10.8. The highest BCUT2D eigenvalue weighted by molar-refractivity contribution is 5.49. The van der Waals surface area contributed by atoms with Crippen molar-refractivity contribution < 1.29 is 9.66 Å². The van der Waals surface area contributed by atoms with Crippen LogP contribution < -0.4 is 10.1 Å². The van der Waals surface area contributed by atoms with Gasteiger partial charge in [-0.1, -0.05) is 13.8 Å².